The van der Waals surface area contributed by atoms with Crippen LogP contribution in [-0.4, -0.2) is 13.2 Å². The van der Waals surface area contributed by atoms with E-state index in [1.165, 1.54) is 0 Å². The molecule has 0 amide bonds. The van der Waals surface area contributed by atoms with Gasteiger partial charge in [-0.2, -0.15) is 0 Å². The molecule has 0 bridgehead atoms. The number of fused-ring (bicyclic) bond motifs is 1. The molecule has 2 heterocycles. The maximum atomic E-state index is 6.56. The molecule has 0 saturated heterocycles. The van der Waals surface area contributed by atoms with Crippen molar-refractivity contribution in [1.29, 1.82) is 0 Å². The standard InChI is InChI=1S/C15H14Cl2O3/c1-8-5-10(9(2)20-8)15(17)11-6-13-14(7-12(11)16)19-4-3-18-13/h5-7,15H,3-4H2,1-2H3. The molecule has 3 nitrogen and oxygen atoms in total. The number of aryl methyl sites for hydroxylation is 2. The van der Waals surface area contributed by atoms with E-state index in [0.29, 0.717) is 29.7 Å². The van der Waals surface area contributed by atoms with E-state index in [-0.39, 0.29) is 5.38 Å². The van der Waals surface area contributed by atoms with Gasteiger partial charge in [-0.05, 0) is 31.5 Å². The number of ether oxygens (including phenoxy) is 2. The summed E-state index contributed by atoms with van der Waals surface area (Å²) in [6, 6.07) is 5.53. The highest BCUT2D eigenvalue weighted by Gasteiger charge is 2.23. The Morgan fingerprint density at radius 1 is 1.00 bits per heavy atom. The van der Waals surface area contributed by atoms with Gasteiger partial charge in [-0.15, -0.1) is 11.6 Å². The summed E-state index contributed by atoms with van der Waals surface area (Å²) in [6.45, 7) is 4.85. The van der Waals surface area contributed by atoms with Crippen molar-refractivity contribution in [2.24, 2.45) is 0 Å². The van der Waals surface area contributed by atoms with Gasteiger partial charge in [-0.1, -0.05) is 11.6 Å². The summed E-state index contributed by atoms with van der Waals surface area (Å²) < 4.78 is 16.6. The third-order valence-corrected chi connectivity index (χ3v) is 4.08. The van der Waals surface area contributed by atoms with Crippen molar-refractivity contribution in [3.8, 4) is 11.5 Å². The van der Waals surface area contributed by atoms with Crippen LogP contribution in [0.5, 0.6) is 11.5 Å². The Balaban J connectivity index is 2.03. The lowest BCUT2D eigenvalue weighted by Gasteiger charge is -2.21. The van der Waals surface area contributed by atoms with Crippen molar-refractivity contribution in [2.45, 2.75) is 19.2 Å². The summed E-state index contributed by atoms with van der Waals surface area (Å²) in [5.74, 6) is 2.97. The van der Waals surface area contributed by atoms with E-state index in [4.69, 9.17) is 37.1 Å². The normalized spacial score (nSPS) is 15.2. The highest BCUT2D eigenvalue weighted by atomic mass is 35.5. The van der Waals surface area contributed by atoms with E-state index in [9.17, 15) is 0 Å². The first-order valence-corrected chi connectivity index (χ1v) is 7.17. The van der Waals surface area contributed by atoms with E-state index in [1.807, 2.05) is 26.0 Å². The first-order valence-electron chi connectivity index (χ1n) is 6.36. The van der Waals surface area contributed by atoms with Gasteiger partial charge in [-0.3, -0.25) is 0 Å². The van der Waals surface area contributed by atoms with Crippen molar-refractivity contribution >= 4 is 23.2 Å². The lowest BCUT2D eigenvalue weighted by Crippen LogP contribution is -2.15. The number of alkyl halides is 1. The predicted molar refractivity (Wildman–Crippen MR) is 78.3 cm³/mol. The van der Waals surface area contributed by atoms with Gasteiger partial charge in [0.1, 0.15) is 24.7 Å². The minimum absolute atomic E-state index is 0.379. The fraction of sp³-hybridized carbons (Fsp3) is 0.333. The molecule has 0 spiro atoms. The monoisotopic (exact) mass is 312 g/mol. The maximum absolute atomic E-state index is 6.56. The fourth-order valence-electron chi connectivity index (χ4n) is 2.34. The molecule has 106 valence electrons. The molecule has 1 atom stereocenters. The number of rotatable bonds is 2. The SMILES string of the molecule is Cc1cc(C(Cl)c2cc3c(cc2Cl)OCCO3)c(C)o1. The molecular weight excluding hydrogens is 299 g/mol. The van der Waals surface area contributed by atoms with Gasteiger partial charge in [0.15, 0.2) is 11.5 Å². The Labute approximate surface area is 127 Å². The molecular formula is C15H14Cl2O3. The zero-order valence-corrected chi connectivity index (χ0v) is 12.7. The fourth-order valence-corrected chi connectivity index (χ4v) is 3.06. The number of furan rings is 1. The molecule has 0 aliphatic carbocycles. The van der Waals surface area contributed by atoms with Crippen LogP contribution in [-0.2, 0) is 0 Å². The predicted octanol–water partition coefficient (Wildman–Crippen LogP) is 4.65. The topological polar surface area (TPSA) is 31.6 Å². The zero-order valence-electron chi connectivity index (χ0n) is 11.2. The van der Waals surface area contributed by atoms with Crippen molar-refractivity contribution in [3.05, 3.63) is 45.9 Å². The Bertz CT molecular complexity index is 649. The number of hydrogen-bond donors (Lipinski definition) is 0. The number of halogens is 2. The zero-order chi connectivity index (χ0) is 14.3. The van der Waals surface area contributed by atoms with Crippen molar-refractivity contribution in [2.75, 3.05) is 13.2 Å². The van der Waals surface area contributed by atoms with Gasteiger partial charge < -0.3 is 13.9 Å². The van der Waals surface area contributed by atoms with Gasteiger partial charge in [0.25, 0.3) is 0 Å². The van der Waals surface area contributed by atoms with E-state index in [1.54, 1.807) is 6.07 Å². The molecule has 5 heteroatoms. The third kappa shape index (κ3) is 2.36. The second-order valence-electron chi connectivity index (χ2n) is 4.75. The maximum Gasteiger partial charge on any atom is 0.162 e. The lowest BCUT2D eigenvalue weighted by atomic mass is 10.0. The summed E-state index contributed by atoms with van der Waals surface area (Å²) in [4.78, 5) is 0. The second-order valence-corrected chi connectivity index (χ2v) is 5.59. The van der Waals surface area contributed by atoms with Crippen LogP contribution in [0, 0.1) is 13.8 Å². The van der Waals surface area contributed by atoms with Crippen LogP contribution in [0.15, 0.2) is 22.6 Å². The quantitative estimate of drug-likeness (QED) is 0.756. The molecule has 2 aromatic rings. The molecule has 0 fully saturated rings. The molecule has 1 aliphatic heterocycles. The summed E-state index contributed by atoms with van der Waals surface area (Å²) in [5.41, 5.74) is 1.71. The smallest absolute Gasteiger partial charge is 0.162 e. The molecule has 20 heavy (non-hydrogen) atoms. The van der Waals surface area contributed by atoms with Gasteiger partial charge in [-0.25, -0.2) is 0 Å². The number of benzene rings is 1. The van der Waals surface area contributed by atoms with Crippen LogP contribution in [0.25, 0.3) is 0 Å². The average molecular weight is 313 g/mol. The van der Waals surface area contributed by atoms with Crippen molar-refractivity contribution in [3.63, 3.8) is 0 Å². The molecule has 0 saturated carbocycles. The largest absolute Gasteiger partial charge is 0.486 e. The molecule has 0 N–H and O–H groups in total. The third-order valence-electron chi connectivity index (χ3n) is 3.29. The van der Waals surface area contributed by atoms with Gasteiger partial charge >= 0.3 is 0 Å². The van der Waals surface area contributed by atoms with Crippen LogP contribution in [0.3, 0.4) is 0 Å². The summed E-state index contributed by atoms with van der Waals surface area (Å²) in [7, 11) is 0. The summed E-state index contributed by atoms with van der Waals surface area (Å²) in [6.07, 6.45) is 0. The van der Waals surface area contributed by atoms with Crippen LogP contribution in [0.4, 0.5) is 0 Å². The average Bonchev–Trinajstić information content (AvgIpc) is 2.76. The van der Waals surface area contributed by atoms with E-state index >= 15 is 0 Å². The lowest BCUT2D eigenvalue weighted by molar-refractivity contribution is 0.171. The Kier molecular flexibility index (Phi) is 3.57. The second kappa shape index (κ2) is 5.23. The van der Waals surface area contributed by atoms with Gasteiger partial charge in [0.2, 0.25) is 0 Å². The molecule has 0 radical (unpaired) electrons. The van der Waals surface area contributed by atoms with Crippen molar-refractivity contribution in [1.82, 2.24) is 0 Å². The first-order chi connectivity index (χ1) is 9.56. The van der Waals surface area contributed by atoms with Crippen LogP contribution in [0.2, 0.25) is 5.02 Å². The van der Waals surface area contributed by atoms with Crippen LogP contribution in [0.1, 0.15) is 28.0 Å². The minimum atomic E-state index is -0.379. The van der Waals surface area contributed by atoms with Gasteiger partial charge in [0, 0.05) is 16.7 Å². The highest BCUT2D eigenvalue weighted by molar-refractivity contribution is 6.33. The molecule has 3 rings (SSSR count). The Morgan fingerprint density at radius 2 is 1.65 bits per heavy atom. The van der Waals surface area contributed by atoms with Gasteiger partial charge in [0.05, 0.1) is 5.38 Å². The summed E-state index contributed by atoms with van der Waals surface area (Å²) >= 11 is 12.9. The molecule has 1 aromatic heterocycles. The van der Waals surface area contributed by atoms with Crippen molar-refractivity contribution < 1.29 is 13.9 Å². The highest BCUT2D eigenvalue weighted by Crippen LogP contribution is 2.42. The van der Waals surface area contributed by atoms with E-state index < -0.39 is 0 Å². The summed E-state index contributed by atoms with van der Waals surface area (Å²) in [5, 5.41) is 0.184. The first kappa shape index (κ1) is 13.7. The molecule has 1 aliphatic rings. The minimum Gasteiger partial charge on any atom is -0.486 e. The van der Waals surface area contributed by atoms with Crippen LogP contribution < -0.4 is 9.47 Å². The number of hydrogen-bond acceptors (Lipinski definition) is 3. The Hall–Kier alpha value is -1.32. The van der Waals surface area contributed by atoms with Crippen LogP contribution >= 0.6 is 23.2 Å². The Morgan fingerprint density at radius 3 is 2.25 bits per heavy atom. The van der Waals surface area contributed by atoms with E-state index in [0.717, 1.165) is 22.6 Å². The molecule has 1 unspecified atom stereocenters. The van der Waals surface area contributed by atoms with E-state index in [2.05, 4.69) is 0 Å². The molecule has 1 aromatic carbocycles.